The number of carboxylic acids is 1. The number of H-pyrrole nitrogens is 1. The lowest BCUT2D eigenvalue weighted by atomic mass is 10.0. The fourth-order valence-corrected chi connectivity index (χ4v) is 3.52. The number of aromatic nitrogens is 1. The number of fused-ring (bicyclic) bond motifs is 1. The van der Waals surface area contributed by atoms with Crippen molar-refractivity contribution in [1.82, 2.24) is 20.9 Å². The number of carboxylic acid groups (broad SMARTS) is 1. The molecule has 0 fully saturated rings. The number of aliphatic hydroxyl groups excluding tert-OH is 1. The van der Waals surface area contributed by atoms with E-state index < -0.39 is 54.5 Å². The number of rotatable bonds is 14. The van der Waals surface area contributed by atoms with Gasteiger partial charge in [-0.2, -0.15) is 0 Å². The Morgan fingerprint density at radius 3 is 2.23 bits per heavy atom. The average Bonchev–Trinajstić information content (AvgIpc) is 3.23. The molecule has 4 atom stereocenters. The molecule has 0 aliphatic heterocycles. The van der Waals surface area contributed by atoms with Crippen molar-refractivity contribution in [3.8, 4) is 0 Å². The first-order valence-electron chi connectivity index (χ1n) is 11.4. The summed E-state index contributed by atoms with van der Waals surface area (Å²) in [5.41, 5.74) is 12.6. The van der Waals surface area contributed by atoms with E-state index in [-0.39, 0.29) is 12.8 Å². The Kier molecular flexibility index (Phi) is 10.6. The lowest BCUT2D eigenvalue weighted by Crippen LogP contribution is -2.58. The summed E-state index contributed by atoms with van der Waals surface area (Å²) in [6, 6.07) is 2.77. The Morgan fingerprint density at radius 1 is 0.971 bits per heavy atom. The number of amides is 3. The first kappa shape index (κ1) is 27.8. The van der Waals surface area contributed by atoms with Gasteiger partial charge in [-0.05, 0) is 44.4 Å². The van der Waals surface area contributed by atoms with Crippen LogP contribution in [0.2, 0.25) is 0 Å². The molecule has 0 radical (unpaired) electrons. The molecule has 2 aromatic rings. The molecule has 0 bridgehead atoms. The SMILES string of the molecule is CC(N)C(=O)NC(CCCCN)C(=O)NC(CO)C(=O)NC(Cc1c[nH]c2ccccc12)C(=O)O. The molecule has 0 saturated heterocycles. The highest BCUT2D eigenvalue weighted by Crippen LogP contribution is 2.19. The summed E-state index contributed by atoms with van der Waals surface area (Å²) in [7, 11) is 0. The number of benzene rings is 1. The standard InChI is InChI=1S/C23H34N6O6/c1-13(25)20(31)27-17(8-4-5-9-24)21(32)29-19(12-30)22(33)28-18(23(34)35)10-14-11-26-16-7-3-2-6-15(14)16/h2-3,6-7,11,13,17-19,26,30H,4-5,8-10,12,24-25H2,1H3,(H,27,31)(H,28,33)(H,29,32)(H,34,35). The van der Waals surface area contributed by atoms with Crippen LogP contribution in [0.15, 0.2) is 30.5 Å². The summed E-state index contributed by atoms with van der Waals surface area (Å²) in [6.45, 7) is 1.10. The molecule has 0 aliphatic rings. The minimum absolute atomic E-state index is 0.0106. The number of aromatic amines is 1. The third-order valence-electron chi connectivity index (χ3n) is 5.52. The van der Waals surface area contributed by atoms with Crippen molar-refractivity contribution >= 4 is 34.6 Å². The van der Waals surface area contributed by atoms with Crippen LogP contribution in [0.1, 0.15) is 31.7 Å². The highest BCUT2D eigenvalue weighted by molar-refractivity contribution is 5.94. The number of carbonyl (C=O) groups excluding carboxylic acids is 3. The number of para-hydroxylation sites is 1. The molecule has 12 nitrogen and oxygen atoms in total. The maximum atomic E-state index is 12.8. The number of aliphatic carboxylic acids is 1. The number of nitrogens with two attached hydrogens (primary N) is 2. The van der Waals surface area contributed by atoms with Crippen LogP contribution in [-0.4, -0.2) is 76.2 Å². The van der Waals surface area contributed by atoms with Gasteiger partial charge in [0.15, 0.2) is 0 Å². The summed E-state index contributed by atoms with van der Waals surface area (Å²) in [6.07, 6.45) is 3.07. The van der Waals surface area contributed by atoms with Crippen molar-refractivity contribution in [2.24, 2.45) is 11.5 Å². The van der Waals surface area contributed by atoms with Crippen LogP contribution in [0.5, 0.6) is 0 Å². The predicted molar refractivity (Wildman–Crippen MR) is 129 cm³/mol. The maximum absolute atomic E-state index is 12.8. The van der Waals surface area contributed by atoms with E-state index in [9.17, 15) is 29.4 Å². The van der Waals surface area contributed by atoms with Crippen LogP contribution in [0.25, 0.3) is 10.9 Å². The molecule has 1 heterocycles. The van der Waals surface area contributed by atoms with Gasteiger partial charge in [-0.3, -0.25) is 14.4 Å². The van der Waals surface area contributed by atoms with Crippen molar-refractivity contribution < 1.29 is 29.4 Å². The van der Waals surface area contributed by atoms with E-state index in [1.807, 2.05) is 24.3 Å². The van der Waals surface area contributed by atoms with Gasteiger partial charge >= 0.3 is 5.97 Å². The fraction of sp³-hybridized carbons (Fsp3) is 0.478. The van der Waals surface area contributed by atoms with Gasteiger partial charge in [0.25, 0.3) is 0 Å². The van der Waals surface area contributed by atoms with E-state index in [0.717, 1.165) is 10.9 Å². The van der Waals surface area contributed by atoms with Crippen LogP contribution in [0.4, 0.5) is 0 Å². The Morgan fingerprint density at radius 2 is 1.60 bits per heavy atom. The smallest absolute Gasteiger partial charge is 0.326 e. The number of aliphatic hydroxyl groups is 1. The van der Waals surface area contributed by atoms with Crippen molar-refractivity contribution in [1.29, 1.82) is 0 Å². The Bertz CT molecular complexity index is 1020. The van der Waals surface area contributed by atoms with Gasteiger partial charge in [0.05, 0.1) is 12.6 Å². The molecule has 0 saturated carbocycles. The molecule has 192 valence electrons. The Balaban J connectivity index is 2.08. The monoisotopic (exact) mass is 490 g/mol. The van der Waals surface area contributed by atoms with Crippen LogP contribution in [0.3, 0.4) is 0 Å². The number of hydrogen-bond acceptors (Lipinski definition) is 7. The topological polar surface area (TPSA) is 213 Å². The molecule has 2 rings (SSSR count). The lowest BCUT2D eigenvalue weighted by molar-refractivity contribution is -0.142. The van der Waals surface area contributed by atoms with Gasteiger partial charge in [0.1, 0.15) is 18.1 Å². The zero-order valence-electron chi connectivity index (χ0n) is 19.6. The van der Waals surface area contributed by atoms with Crippen molar-refractivity contribution in [3.05, 3.63) is 36.0 Å². The third kappa shape index (κ3) is 8.05. The highest BCUT2D eigenvalue weighted by atomic mass is 16.4. The molecule has 1 aromatic heterocycles. The summed E-state index contributed by atoms with van der Waals surface area (Å²) >= 11 is 0. The maximum Gasteiger partial charge on any atom is 0.326 e. The van der Waals surface area contributed by atoms with E-state index in [1.54, 1.807) is 6.20 Å². The molecule has 10 N–H and O–H groups in total. The fourth-order valence-electron chi connectivity index (χ4n) is 3.52. The van der Waals surface area contributed by atoms with Gasteiger partial charge in [0, 0.05) is 23.5 Å². The van der Waals surface area contributed by atoms with Crippen molar-refractivity contribution in [3.63, 3.8) is 0 Å². The molecule has 35 heavy (non-hydrogen) atoms. The van der Waals surface area contributed by atoms with E-state index in [0.29, 0.717) is 24.9 Å². The first-order valence-corrected chi connectivity index (χ1v) is 11.4. The first-order chi connectivity index (χ1) is 16.7. The second kappa shape index (κ2) is 13.4. The molecule has 0 aliphatic carbocycles. The van der Waals surface area contributed by atoms with Gasteiger partial charge < -0.3 is 42.6 Å². The Hall–Kier alpha value is -3.48. The second-order valence-corrected chi connectivity index (χ2v) is 8.34. The van der Waals surface area contributed by atoms with Crippen LogP contribution < -0.4 is 27.4 Å². The van der Waals surface area contributed by atoms with E-state index >= 15 is 0 Å². The normalized spacial score (nSPS) is 14.5. The minimum Gasteiger partial charge on any atom is -0.480 e. The van der Waals surface area contributed by atoms with Gasteiger partial charge in [-0.15, -0.1) is 0 Å². The number of unbranched alkanes of at least 4 members (excludes halogenated alkanes) is 1. The van der Waals surface area contributed by atoms with E-state index in [4.69, 9.17) is 11.5 Å². The number of hydrogen-bond donors (Lipinski definition) is 8. The molecular formula is C23H34N6O6. The Labute approximate surface area is 202 Å². The molecule has 1 aromatic carbocycles. The third-order valence-corrected chi connectivity index (χ3v) is 5.52. The number of nitrogens with one attached hydrogen (secondary N) is 4. The lowest BCUT2D eigenvalue weighted by Gasteiger charge is -2.24. The van der Waals surface area contributed by atoms with Crippen molar-refractivity contribution in [2.45, 2.75) is 56.8 Å². The van der Waals surface area contributed by atoms with Crippen LogP contribution in [-0.2, 0) is 25.6 Å². The summed E-state index contributed by atoms with van der Waals surface area (Å²) < 4.78 is 0. The summed E-state index contributed by atoms with van der Waals surface area (Å²) in [5, 5.41) is 27.5. The zero-order valence-corrected chi connectivity index (χ0v) is 19.6. The van der Waals surface area contributed by atoms with Crippen LogP contribution in [0, 0.1) is 0 Å². The summed E-state index contributed by atoms with van der Waals surface area (Å²) in [4.78, 5) is 52.4. The van der Waals surface area contributed by atoms with Gasteiger partial charge in [0.2, 0.25) is 17.7 Å². The van der Waals surface area contributed by atoms with E-state index in [1.165, 1.54) is 6.92 Å². The van der Waals surface area contributed by atoms with Crippen molar-refractivity contribution in [2.75, 3.05) is 13.2 Å². The molecule has 4 unspecified atom stereocenters. The predicted octanol–water partition coefficient (Wildman–Crippen LogP) is -1.28. The van der Waals surface area contributed by atoms with E-state index in [2.05, 4.69) is 20.9 Å². The molecule has 12 heteroatoms. The largest absolute Gasteiger partial charge is 0.480 e. The van der Waals surface area contributed by atoms with Gasteiger partial charge in [-0.1, -0.05) is 18.2 Å². The molecule has 0 spiro atoms. The molecule has 3 amide bonds. The number of carbonyl (C=O) groups is 4. The second-order valence-electron chi connectivity index (χ2n) is 8.34. The summed E-state index contributed by atoms with van der Waals surface area (Å²) in [5.74, 6) is -3.39. The minimum atomic E-state index is -1.42. The van der Waals surface area contributed by atoms with Crippen LogP contribution >= 0.6 is 0 Å². The van der Waals surface area contributed by atoms with Gasteiger partial charge in [-0.25, -0.2) is 4.79 Å². The highest BCUT2D eigenvalue weighted by Gasteiger charge is 2.30. The molecular weight excluding hydrogens is 456 g/mol. The zero-order chi connectivity index (χ0) is 26.0. The quantitative estimate of drug-likeness (QED) is 0.149. The average molecular weight is 491 g/mol.